The van der Waals surface area contributed by atoms with E-state index in [1.165, 1.54) is 12.1 Å². The first kappa shape index (κ1) is 11.8. The van der Waals surface area contributed by atoms with Crippen LogP contribution in [-0.2, 0) is 6.42 Å². The van der Waals surface area contributed by atoms with Crippen LogP contribution in [0.4, 0.5) is 8.78 Å². The van der Waals surface area contributed by atoms with E-state index >= 15 is 0 Å². The monoisotopic (exact) mass is 237 g/mol. The summed E-state index contributed by atoms with van der Waals surface area (Å²) in [6.45, 7) is 1.95. The van der Waals surface area contributed by atoms with E-state index in [9.17, 15) is 8.78 Å². The number of rotatable bonds is 3. The van der Waals surface area contributed by atoms with Crippen LogP contribution >= 0.6 is 0 Å². The second-order valence-electron chi connectivity index (χ2n) is 3.84. The third-order valence-electron chi connectivity index (χ3n) is 2.58. The smallest absolute Gasteiger partial charge is 0.126 e. The predicted octanol–water partition coefficient (Wildman–Crippen LogP) is 3.17. The summed E-state index contributed by atoms with van der Waals surface area (Å²) in [4.78, 5) is 0. The lowest BCUT2D eigenvalue weighted by Crippen LogP contribution is -2.11. The molecule has 0 amide bonds. The number of hydrogen-bond donors (Lipinski definition) is 1. The number of halogens is 2. The van der Waals surface area contributed by atoms with E-state index in [4.69, 9.17) is 10.2 Å². The van der Waals surface area contributed by atoms with Crippen LogP contribution in [0.1, 0.15) is 30.0 Å². The SMILES string of the molecule is CCc1ccc(C(N)c2cc(F)cc(F)c2)o1. The minimum Gasteiger partial charge on any atom is -0.464 e. The Bertz CT molecular complexity index is 502. The summed E-state index contributed by atoms with van der Waals surface area (Å²) in [6.07, 6.45) is 0.754. The van der Waals surface area contributed by atoms with Crippen molar-refractivity contribution in [1.82, 2.24) is 0 Å². The van der Waals surface area contributed by atoms with Gasteiger partial charge in [-0.1, -0.05) is 6.92 Å². The molecule has 2 nitrogen and oxygen atoms in total. The molecular formula is C13H13F2NO. The molecule has 0 aliphatic carbocycles. The molecule has 0 bridgehead atoms. The molecule has 1 unspecified atom stereocenters. The van der Waals surface area contributed by atoms with Crippen LogP contribution in [0.15, 0.2) is 34.7 Å². The molecule has 1 atom stereocenters. The molecule has 2 rings (SSSR count). The van der Waals surface area contributed by atoms with Gasteiger partial charge in [0.2, 0.25) is 0 Å². The maximum absolute atomic E-state index is 13.0. The van der Waals surface area contributed by atoms with Gasteiger partial charge in [-0.25, -0.2) is 8.78 Å². The van der Waals surface area contributed by atoms with Crippen molar-refractivity contribution in [3.05, 3.63) is 59.1 Å². The Kier molecular flexibility index (Phi) is 3.24. The number of aryl methyl sites for hydroxylation is 1. The lowest BCUT2D eigenvalue weighted by molar-refractivity contribution is 0.452. The third-order valence-corrected chi connectivity index (χ3v) is 2.58. The quantitative estimate of drug-likeness (QED) is 0.890. The molecule has 0 saturated carbocycles. The molecule has 0 aliphatic heterocycles. The maximum Gasteiger partial charge on any atom is 0.126 e. The summed E-state index contributed by atoms with van der Waals surface area (Å²) >= 11 is 0. The third kappa shape index (κ3) is 2.53. The number of nitrogens with two attached hydrogens (primary N) is 1. The highest BCUT2D eigenvalue weighted by Gasteiger charge is 2.14. The first-order valence-electron chi connectivity index (χ1n) is 5.40. The number of furan rings is 1. The van der Waals surface area contributed by atoms with Crippen LogP contribution in [0.2, 0.25) is 0 Å². The number of benzene rings is 1. The summed E-state index contributed by atoms with van der Waals surface area (Å²) in [5, 5.41) is 0. The van der Waals surface area contributed by atoms with E-state index in [2.05, 4.69) is 0 Å². The molecule has 90 valence electrons. The number of hydrogen-bond acceptors (Lipinski definition) is 2. The molecule has 4 heteroatoms. The standard InChI is InChI=1S/C13H13F2NO/c1-2-11-3-4-12(17-11)13(16)8-5-9(14)7-10(15)6-8/h3-7,13H,2,16H2,1H3. The van der Waals surface area contributed by atoms with Crippen molar-refractivity contribution >= 4 is 0 Å². The fourth-order valence-electron chi connectivity index (χ4n) is 1.67. The zero-order valence-electron chi connectivity index (χ0n) is 9.41. The van der Waals surface area contributed by atoms with Gasteiger partial charge in [-0.3, -0.25) is 0 Å². The molecule has 0 aliphatic rings. The Labute approximate surface area is 98.0 Å². The second kappa shape index (κ2) is 4.67. The normalized spacial score (nSPS) is 12.7. The summed E-state index contributed by atoms with van der Waals surface area (Å²) < 4.78 is 31.6. The van der Waals surface area contributed by atoms with Crippen LogP contribution in [0.5, 0.6) is 0 Å². The van der Waals surface area contributed by atoms with Crippen molar-refractivity contribution in [2.45, 2.75) is 19.4 Å². The Morgan fingerprint density at radius 1 is 1.18 bits per heavy atom. The van der Waals surface area contributed by atoms with Crippen LogP contribution in [0.3, 0.4) is 0 Å². The van der Waals surface area contributed by atoms with Gasteiger partial charge in [0.15, 0.2) is 0 Å². The molecule has 0 saturated heterocycles. The predicted molar refractivity (Wildman–Crippen MR) is 60.5 cm³/mol. The Morgan fingerprint density at radius 2 is 1.82 bits per heavy atom. The zero-order chi connectivity index (χ0) is 12.4. The Hall–Kier alpha value is -1.68. The van der Waals surface area contributed by atoms with Gasteiger partial charge < -0.3 is 10.2 Å². The van der Waals surface area contributed by atoms with Crippen LogP contribution in [-0.4, -0.2) is 0 Å². The fraction of sp³-hybridized carbons (Fsp3) is 0.231. The highest BCUT2D eigenvalue weighted by molar-refractivity contribution is 5.28. The molecule has 0 radical (unpaired) electrons. The molecule has 2 N–H and O–H groups in total. The van der Waals surface area contributed by atoms with Gasteiger partial charge in [0.1, 0.15) is 23.2 Å². The molecule has 1 aromatic heterocycles. The lowest BCUT2D eigenvalue weighted by atomic mass is 10.1. The van der Waals surface area contributed by atoms with Crippen LogP contribution in [0.25, 0.3) is 0 Å². The van der Waals surface area contributed by atoms with E-state index in [1.54, 1.807) is 6.07 Å². The van der Waals surface area contributed by atoms with E-state index in [0.29, 0.717) is 11.3 Å². The van der Waals surface area contributed by atoms with E-state index in [0.717, 1.165) is 18.2 Å². The van der Waals surface area contributed by atoms with Crippen molar-refractivity contribution in [2.24, 2.45) is 5.73 Å². The van der Waals surface area contributed by atoms with E-state index in [1.807, 2.05) is 13.0 Å². The molecular weight excluding hydrogens is 224 g/mol. The molecule has 17 heavy (non-hydrogen) atoms. The van der Waals surface area contributed by atoms with Gasteiger partial charge in [0, 0.05) is 12.5 Å². The average Bonchev–Trinajstić information content (AvgIpc) is 2.75. The van der Waals surface area contributed by atoms with Crippen LogP contribution < -0.4 is 5.73 Å². The van der Waals surface area contributed by atoms with Crippen molar-refractivity contribution in [3.63, 3.8) is 0 Å². The van der Waals surface area contributed by atoms with Gasteiger partial charge in [-0.05, 0) is 29.8 Å². The van der Waals surface area contributed by atoms with E-state index < -0.39 is 17.7 Å². The van der Waals surface area contributed by atoms with Crippen molar-refractivity contribution in [2.75, 3.05) is 0 Å². The van der Waals surface area contributed by atoms with Gasteiger partial charge >= 0.3 is 0 Å². The Morgan fingerprint density at radius 3 is 2.35 bits per heavy atom. The minimum absolute atomic E-state index is 0.361. The average molecular weight is 237 g/mol. The first-order valence-corrected chi connectivity index (χ1v) is 5.40. The topological polar surface area (TPSA) is 39.2 Å². The largest absolute Gasteiger partial charge is 0.464 e. The second-order valence-corrected chi connectivity index (χ2v) is 3.84. The minimum atomic E-state index is -0.652. The van der Waals surface area contributed by atoms with Gasteiger partial charge in [0.05, 0.1) is 6.04 Å². The summed E-state index contributed by atoms with van der Waals surface area (Å²) in [7, 11) is 0. The molecule has 2 aromatic rings. The molecule has 0 fully saturated rings. The van der Waals surface area contributed by atoms with Gasteiger partial charge in [0.25, 0.3) is 0 Å². The Balaban J connectivity index is 2.32. The maximum atomic E-state index is 13.0. The van der Waals surface area contributed by atoms with Crippen molar-refractivity contribution in [3.8, 4) is 0 Å². The van der Waals surface area contributed by atoms with Gasteiger partial charge in [-0.15, -0.1) is 0 Å². The first-order chi connectivity index (χ1) is 8.10. The fourth-order valence-corrected chi connectivity index (χ4v) is 1.67. The zero-order valence-corrected chi connectivity index (χ0v) is 9.41. The molecule has 1 heterocycles. The highest BCUT2D eigenvalue weighted by Crippen LogP contribution is 2.23. The highest BCUT2D eigenvalue weighted by atomic mass is 19.1. The van der Waals surface area contributed by atoms with E-state index in [-0.39, 0.29) is 0 Å². The lowest BCUT2D eigenvalue weighted by Gasteiger charge is -2.09. The molecule has 0 spiro atoms. The van der Waals surface area contributed by atoms with Gasteiger partial charge in [-0.2, -0.15) is 0 Å². The summed E-state index contributed by atoms with van der Waals surface area (Å²) in [5.74, 6) is 0.0228. The summed E-state index contributed by atoms with van der Waals surface area (Å²) in [5.41, 5.74) is 6.26. The van der Waals surface area contributed by atoms with Crippen molar-refractivity contribution < 1.29 is 13.2 Å². The van der Waals surface area contributed by atoms with Crippen LogP contribution in [0, 0.1) is 11.6 Å². The van der Waals surface area contributed by atoms with Crippen molar-refractivity contribution in [1.29, 1.82) is 0 Å². The summed E-state index contributed by atoms with van der Waals surface area (Å²) in [6, 6.07) is 6.12. The molecule has 1 aromatic carbocycles.